The van der Waals surface area contributed by atoms with Gasteiger partial charge in [0.25, 0.3) is 5.56 Å². The quantitative estimate of drug-likeness (QED) is 0.402. The van der Waals surface area contributed by atoms with Crippen molar-refractivity contribution in [2.45, 2.75) is 6.42 Å². The lowest BCUT2D eigenvalue weighted by molar-refractivity contribution is -0.120. The second-order valence-electron chi connectivity index (χ2n) is 4.35. The van der Waals surface area contributed by atoms with Crippen molar-refractivity contribution >= 4 is 18.1 Å². The lowest BCUT2D eigenvalue weighted by Crippen LogP contribution is -2.31. The SMILES string of the molecule is O=C(Cc1n[nH]c(=O)[nH]c1=O)NN=Cc1ccc(C(=O)O)cc1. The third-order valence-corrected chi connectivity index (χ3v) is 2.67. The van der Waals surface area contributed by atoms with E-state index in [1.54, 1.807) is 0 Å². The van der Waals surface area contributed by atoms with Crippen LogP contribution in [0.2, 0.25) is 0 Å². The van der Waals surface area contributed by atoms with Gasteiger partial charge >= 0.3 is 11.7 Å². The minimum absolute atomic E-state index is 0.134. The average molecular weight is 317 g/mol. The first kappa shape index (κ1) is 15.8. The number of H-pyrrole nitrogens is 2. The van der Waals surface area contributed by atoms with Crippen molar-refractivity contribution in [1.82, 2.24) is 20.6 Å². The molecule has 0 aliphatic carbocycles. The molecule has 0 fully saturated rings. The highest BCUT2D eigenvalue weighted by atomic mass is 16.4. The van der Waals surface area contributed by atoms with Crippen LogP contribution in [0.3, 0.4) is 0 Å². The smallest absolute Gasteiger partial charge is 0.342 e. The fraction of sp³-hybridized carbons (Fsp3) is 0.0769. The second-order valence-corrected chi connectivity index (χ2v) is 4.35. The van der Waals surface area contributed by atoms with E-state index in [-0.39, 0.29) is 17.7 Å². The molecule has 0 aliphatic heterocycles. The van der Waals surface area contributed by atoms with Crippen molar-refractivity contribution in [1.29, 1.82) is 0 Å². The highest BCUT2D eigenvalue weighted by Crippen LogP contribution is 2.02. The number of hydrogen-bond donors (Lipinski definition) is 4. The lowest BCUT2D eigenvalue weighted by Gasteiger charge is -1.99. The summed E-state index contributed by atoms with van der Waals surface area (Å²) < 4.78 is 0. The number of carbonyl (C=O) groups excluding carboxylic acids is 1. The van der Waals surface area contributed by atoms with E-state index in [9.17, 15) is 19.2 Å². The first-order valence-corrected chi connectivity index (χ1v) is 6.29. The zero-order chi connectivity index (χ0) is 16.8. The maximum absolute atomic E-state index is 11.6. The molecule has 0 bridgehead atoms. The molecule has 0 radical (unpaired) electrons. The van der Waals surface area contributed by atoms with E-state index in [1.807, 2.05) is 10.1 Å². The Hall–Kier alpha value is -3.56. The largest absolute Gasteiger partial charge is 0.478 e. The summed E-state index contributed by atoms with van der Waals surface area (Å²) in [7, 11) is 0. The van der Waals surface area contributed by atoms with Crippen LogP contribution in [-0.4, -0.2) is 38.4 Å². The molecular formula is C13H11N5O5. The van der Waals surface area contributed by atoms with Gasteiger partial charge < -0.3 is 5.11 Å². The van der Waals surface area contributed by atoms with Crippen LogP contribution < -0.4 is 16.7 Å². The van der Waals surface area contributed by atoms with Crippen molar-refractivity contribution in [3.63, 3.8) is 0 Å². The summed E-state index contributed by atoms with van der Waals surface area (Å²) in [5.74, 6) is -1.64. The molecule has 1 heterocycles. The molecule has 4 N–H and O–H groups in total. The number of aromatic carboxylic acids is 1. The van der Waals surface area contributed by atoms with Gasteiger partial charge in [0.15, 0.2) is 0 Å². The van der Waals surface area contributed by atoms with Gasteiger partial charge in [-0.05, 0) is 17.7 Å². The van der Waals surface area contributed by atoms with Crippen LogP contribution in [0.4, 0.5) is 0 Å². The third-order valence-electron chi connectivity index (χ3n) is 2.67. The summed E-state index contributed by atoms with van der Waals surface area (Å²) in [6.45, 7) is 0. The summed E-state index contributed by atoms with van der Waals surface area (Å²) in [4.78, 5) is 46.4. The maximum Gasteiger partial charge on any atom is 0.342 e. The fourth-order valence-electron chi connectivity index (χ4n) is 1.57. The Bertz CT molecular complexity index is 865. The standard InChI is InChI=1S/C13H11N5O5/c19-10(5-9-11(20)15-13(23)18-16-9)17-14-6-7-1-3-8(4-2-7)12(21)22/h1-4,6H,5H2,(H,17,19)(H,21,22)(H2,15,18,20,23). The zero-order valence-electron chi connectivity index (χ0n) is 11.6. The molecule has 2 aromatic rings. The van der Waals surface area contributed by atoms with Gasteiger partial charge in [0, 0.05) is 0 Å². The molecular weight excluding hydrogens is 306 g/mol. The van der Waals surface area contributed by atoms with Crippen molar-refractivity contribution in [2.75, 3.05) is 0 Å². The van der Waals surface area contributed by atoms with Crippen LogP contribution in [0.5, 0.6) is 0 Å². The van der Waals surface area contributed by atoms with E-state index >= 15 is 0 Å². The Morgan fingerprint density at radius 1 is 1.26 bits per heavy atom. The Balaban J connectivity index is 1.94. The molecule has 1 aromatic carbocycles. The monoisotopic (exact) mass is 317 g/mol. The number of amides is 1. The second kappa shape index (κ2) is 6.93. The lowest BCUT2D eigenvalue weighted by atomic mass is 10.1. The number of aromatic nitrogens is 3. The number of nitrogens with zero attached hydrogens (tertiary/aromatic N) is 2. The molecule has 0 saturated carbocycles. The molecule has 23 heavy (non-hydrogen) atoms. The van der Waals surface area contributed by atoms with Crippen LogP contribution in [-0.2, 0) is 11.2 Å². The predicted octanol–water partition coefficient (Wildman–Crippen LogP) is -1.15. The maximum atomic E-state index is 11.6. The molecule has 118 valence electrons. The summed E-state index contributed by atoms with van der Waals surface area (Å²) >= 11 is 0. The minimum Gasteiger partial charge on any atom is -0.478 e. The third kappa shape index (κ3) is 4.46. The van der Waals surface area contributed by atoms with Crippen LogP contribution in [0.15, 0.2) is 39.0 Å². The van der Waals surface area contributed by atoms with Crippen molar-refractivity contribution < 1.29 is 14.7 Å². The van der Waals surface area contributed by atoms with Crippen molar-refractivity contribution in [3.8, 4) is 0 Å². The highest BCUT2D eigenvalue weighted by molar-refractivity contribution is 5.89. The number of aromatic amines is 2. The van der Waals surface area contributed by atoms with Gasteiger partial charge in [-0.25, -0.2) is 20.1 Å². The number of hydrogen-bond acceptors (Lipinski definition) is 6. The number of carboxylic acid groups (broad SMARTS) is 1. The average Bonchev–Trinajstić information content (AvgIpc) is 2.50. The van der Waals surface area contributed by atoms with Crippen LogP contribution in [0.1, 0.15) is 21.6 Å². The topological polar surface area (TPSA) is 157 Å². The van der Waals surface area contributed by atoms with Gasteiger partial charge in [0.2, 0.25) is 5.91 Å². The van der Waals surface area contributed by atoms with Crippen LogP contribution >= 0.6 is 0 Å². The van der Waals surface area contributed by atoms with E-state index in [4.69, 9.17) is 5.11 Å². The van der Waals surface area contributed by atoms with E-state index < -0.39 is 23.1 Å². The molecule has 0 saturated heterocycles. The molecule has 10 nitrogen and oxygen atoms in total. The Labute approximate surface area is 127 Å². The van der Waals surface area contributed by atoms with Gasteiger partial charge in [0.05, 0.1) is 18.2 Å². The summed E-state index contributed by atoms with van der Waals surface area (Å²) in [6.07, 6.45) is 0.954. The zero-order valence-corrected chi connectivity index (χ0v) is 11.6. The molecule has 0 atom stereocenters. The van der Waals surface area contributed by atoms with E-state index in [0.717, 1.165) is 0 Å². The molecule has 1 aromatic heterocycles. The highest BCUT2D eigenvalue weighted by Gasteiger charge is 2.08. The van der Waals surface area contributed by atoms with E-state index in [1.165, 1.54) is 30.5 Å². The van der Waals surface area contributed by atoms with Gasteiger partial charge in [0.1, 0.15) is 5.69 Å². The molecule has 2 rings (SSSR count). The Morgan fingerprint density at radius 2 is 1.96 bits per heavy atom. The Kier molecular flexibility index (Phi) is 4.77. The summed E-state index contributed by atoms with van der Waals surface area (Å²) in [5.41, 5.74) is 1.24. The molecule has 0 unspecified atom stereocenters. The molecule has 0 aliphatic rings. The van der Waals surface area contributed by atoms with Crippen molar-refractivity contribution in [2.24, 2.45) is 5.10 Å². The van der Waals surface area contributed by atoms with Gasteiger partial charge in [-0.15, -0.1) is 0 Å². The predicted molar refractivity (Wildman–Crippen MR) is 78.3 cm³/mol. The first-order chi connectivity index (χ1) is 11.0. The van der Waals surface area contributed by atoms with E-state index in [0.29, 0.717) is 5.56 Å². The van der Waals surface area contributed by atoms with E-state index in [2.05, 4.69) is 15.6 Å². The number of nitrogens with one attached hydrogen (secondary N) is 3. The number of rotatable bonds is 5. The molecule has 0 spiro atoms. The minimum atomic E-state index is -1.04. The summed E-state index contributed by atoms with van der Waals surface area (Å²) in [6, 6.07) is 5.84. The Morgan fingerprint density at radius 3 is 2.57 bits per heavy atom. The van der Waals surface area contributed by atoms with Crippen molar-refractivity contribution in [3.05, 3.63) is 61.9 Å². The van der Waals surface area contributed by atoms with Gasteiger partial charge in [-0.3, -0.25) is 14.6 Å². The van der Waals surface area contributed by atoms with Crippen LogP contribution in [0.25, 0.3) is 0 Å². The number of hydrazone groups is 1. The first-order valence-electron chi connectivity index (χ1n) is 6.29. The van der Waals surface area contributed by atoms with Gasteiger partial charge in [-0.1, -0.05) is 12.1 Å². The number of carboxylic acids is 1. The normalized spacial score (nSPS) is 10.6. The number of benzene rings is 1. The van der Waals surface area contributed by atoms with Gasteiger partial charge in [-0.2, -0.15) is 10.2 Å². The summed E-state index contributed by atoms with van der Waals surface area (Å²) in [5, 5.41) is 17.9. The molecule has 1 amide bonds. The van der Waals surface area contributed by atoms with Crippen LogP contribution in [0, 0.1) is 0 Å². The number of carbonyl (C=O) groups is 2. The fourth-order valence-corrected chi connectivity index (χ4v) is 1.57. The molecule has 10 heteroatoms.